The van der Waals surface area contributed by atoms with Crippen molar-refractivity contribution in [1.29, 1.82) is 0 Å². The van der Waals surface area contributed by atoms with E-state index in [-0.39, 0.29) is 6.10 Å². The Bertz CT molecular complexity index is 236. The molecule has 0 aromatic carbocycles. The van der Waals surface area contributed by atoms with E-state index in [2.05, 4.69) is 9.80 Å². The molecule has 112 valence electrons. The van der Waals surface area contributed by atoms with Crippen LogP contribution in [0.5, 0.6) is 0 Å². The molecule has 4 nitrogen and oxygen atoms in total. The van der Waals surface area contributed by atoms with E-state index in [1.165, 1.54) is 51.9 Å². The van der Waals surface area contributed by atoms with Crippen molar-refractivity contribution in [3.63, 3.8) is 0 Å². The lowest BCUT2D eigenvalue weighted by molar-refractivity contribution is 0.0431. The summed E-state index contributed by atoms with van der Waals surface area (Å²) in [6, 6.07) is 0.891. The zero-order valence-electron chi connectivity index (χ0n) is 12.5. The summed E-state index contributed by atoms with van der Waals surface area (Å²) in [5, 5.41) is 0. The highest BCUT2D eigenvalue weighted by molar-refractivity contribution is 4.82. The van der Waals surface area contributed by atoms with Crippen LogP contribution in [0.15, 0.2) is 0 Å². The normalized spacial score (nSPS) is 24.9. The molecular formula is C15H31N3O. The second-order valence-electron chi connectivity index (χ2n) is 5.92. The second kappa shape index (κ2) is 8.20. The van der Waals surface area contributed by atoms with Gasteiger partial charge in [-0.05, 0) is 26.2 Å². The van der Waals surface area contributed by atoms with E-state index in [0.29, 0.717) is 6.54 Å². The zero-order chi connectivity index (χ0) is 13.5. The summed E-state index contributed by atoms with van der Waals surface area (Å²) in [6.07, 6.45) is 7.07. The number of nitrogens with zero attached hydrogens (tertiary/aromatic N) is 2. The zero-order valence-corrected chi connectivity index (χ0v) is 12.5. The SMILES string of the molecule is CCOC(CN)CCN1CCN(C2CCCC2)CC1. The quantitative estimate of drug-likeness (QED) is 0.756. The number of ether oxygens (including phenoxy) is 1. The van der Waals surface area contributed by atoms with Gasteiger partial charge in [0, 0.05) is 51.9 Å². The average Bonchev–Trinajstić information content (AvgIpc) is 2.98. The molecule has 1 saturated carbocycles. The topological polar surface area (TPSA) is 41.7 Å². The molecule has 1 saturated heterocycles. The van der Waals surface area contributed by atoms with Gasteiger partial charge in [-0.1, -0.05) is 12.8 Å². The molecule has 0 spiro atoms. The van der Waals surface area contributed by atoms with E-state index in [1.807, 2.05) is 6.92 Å². The van der Waals surface area contributed by atoms with Crippen molar-refractivity contribution < 1.29 is 4.74 Å². The summed E-state index contributed by atoms with van der Waals surface area (Å²) in [5.74, 6) is 0. The maximum absolute atomic E-state index is 5.73. The first kappa shape index (κ1) is 15.2. The number of rotatable bonds is 7. The van der Waals surface area contributed by atoms with Gasteiger partial charge in [-0.25, -0.2) is 0 Å². The van der Waals surface area contributed by atoms with Crippen LogP contribution >= 0.6 is 0 Å². The van der Waals surface area contributed by atoms with E-state index < -0.39 is 0 Å². The first-order valence-electron chi connectivity index (χ1n) is 8.11. The molecule has 0 amide bonds. The number of hydrogen-bond donors (Lipinski definition) is 1. The number of piperazine rings is 1. The van der Waals surface area contributed by atoms with Crippen LogP contribution in [0.1, 0.15) is 39.0 Å². The molecule has 2 aliphatic rings. The van der Waals surface area contributed by atoms with Gasteiger partial charge in [0.15, 0.2) is 0 Å². The molecular weight excluding hydrogens is 238 g/mol. The van der Waals surface area contributed by atoms with E-state index in [1.54, 1.807) is 0 Å². The summed E-state index contributed by atoms with van der Waals surface area (Å²) in [4.78, 5) is 5.29. The lowest BCUT2D eigenvalue weighted by atomic mass is 10.1. The molecule has 0 aromatic rings. The first-order valence-corrected chi connectivity index (χ1v) is 8.11. The summed E-state index contributed by atoms with van der Waals surface area (Å²) in [6.45, 7) is 9.57. The van der Waals surface area contributed by atoms with Gasteiger partial charge >= 0.3 is 0 Å². The fourth-order valence-corrected chi connectivity index (χ4v) is 3.45. The highest BCUT2D eigenvalue weighted by Crippen LogP contribution is 2.24. The lowest BCUT2D eigenvalue weighted by Gasteiger charge is -2.38. The Labute approximate surface area is 118 Å². The highest BCUT2D eigenvalue weighted by Gasteiger charge is 2.26. The van der Waals surface area contributed by atoms with Crippen LogP contribution in [0.2, 0.25) is 0 Å². The standard InChI is InChI=1S/C15H31N3O/c1-2-19-15(13-16)7-8-17-9-11-18(12-10-17)14-5-3-4-6-14/h14-15H,2-13,16H2,1H3. The monoisotopic (exact) mass is 269 g/mol. The molecule has 19 heavy (non-hydrogen) atoms. The maximum Gasteiger partial charge on any atom is 0.0709 e. The minimum atomic E-state index is 0.248. The van der Waals surface area contributed by atoms with Gasteiger partial charge < -0.3 is 15.4 Å². The van der Waals surface area contributed by atoms with Crippen molar-refractivity contribution in [2.75, 3.05) is 45.9 Å². The van der Waals surface area contributed by atoms with E-state index in [4.69, 9.17) is 10.5 Å². The summed E-state index contributed by atoms with van der Waals surface area (Å²) >= 11 is 0. The van der Waals surface area contributed by atoms with Crippen LogP contribution in [-0.4, -0.2) is 67.8 Å². The smallest absolute Gasteiger partial charge is 0.0709 e. The van der Waals surface area contributed by atoms with Gasteiger partial charge in [-0.2, -0.15) is 0 Å². The molecule has 1 heterocycles. The summed E-state index contributed by atoms with van der Waals surface area (Å²) in [7, 11) is 0. The Balaban J connectivity index is 1.62. The van der Waals surface area contributed by atoms with Gasteiger partial charge in [0.2, 0.25) is 0 Å². The molecule has 2 rings (SSSR count). The van der Waals surface area contributed by atoms with Crippen LogP contribution in [0.3, 0.4) is 0 Å². The van der Waals surface area contributed by atoms with Crippen molar-refractivity contribution in [1.82, 2.24) is 9.80 Å². The molecule has 2 N–H and O–H groups in total. The van der Waals surface area contributed by atoms with Crippen molar-refractivity contribution in [2.24, 2.45) is 5.73 Å². The molecule has 1 aliphatic carbocycles. The van der Waals surface area contributed by atoms with Gasteiger partial charge in [0.25, 0.3) is 0 Å². The third kappa shape index (κ3) is 4.71. The molecule has 1 aliphatic heterocycles. The fourth-order valence-electron chi connectivity index (χ4n) is 3.45. The molecule has 1 unspecified atom stereocenters. The van der Waals surface area contributed by atoms with E-state index in [0.717, 1.165) is 25.6 Å². The second-order valence-corrected chi connectivity index (χ2v) is 5.92. The molecule has 2 fully saturated rings. The van der Waals surface area contributed by atoms with Crippen LogP contribution in [0.4, 0.5) is 0 Å². The van der Waals surface area contributed by atoms with Crippen LogP contribution in [-0.2, 0) is 4.74 Å². The number of hydrogen-bond acceptors (Lipinski definition) is 4. The largest absolute Gasteiger partial charge is 0.377 e. The molecule has 0 aromatic heterocycles. The molecule has 0 radical (unpaired) electrons. The van der Waals surface area contributed by atoms with Crippen molar-refractivity contribution in [2.45, 2.75) is 51.2 Å². The Morgan fingerprint density at radius 2 is 1.84 bits per heavy atom. The van der Waals surface area contributed by atoms with Gasteiger partial charge in [-0.3, -0.25) is 4.90 Å². The Morgan fingerprint density at radius 3 is 2.42 bits per heavy atom. The molecule has 4 heteroatoms. The Morgan fingerprint density at radius 1 is 1.16 bits per heavy atom. The fraction of sp³-hybridized carbons (Fsp3) is 1.00. The Kier molecular flexibility index (Phi) is 6.57. The van der Waals surface area contributed by atoms with Crippen LogP contribution < -0.4 is 5.73 Å². The predicted molar refractivity (Wildman–Crippen MR) is 79.4 cm³/mol. The van der Waals surface area contributed by atoms with Crippen molar-refractivity contribution in [3.05, 3.63) is 0 Å². The summed E-state index contributed by atoms with van der Waals surface area (Å²) in [5.41, 5.74) is 5.73. The molecule has 0 bridgehead atoms. The lowest BCUT2D eigenvalue weighted by Crippen LogP contribution is -2.50. The van der Waals surface area contributed by atoms with Crippen molar-refractivity contribution in [3.8, 4) is 0 Å². The van der Waals surface area contributed by atoms with Crippen molar-refractivity contribution >= 4 is 0 Å². The summed E-state index contributed by atoms with van der Waals surface area (Å²) < 4.78 is 5.62. The van der Waals surface area contributed by atoms with Crippen LogP contribution in [0.25, 0.3) is 0 Å². The van der Waals surface area contributed by atoms with E-state index >= 15 is 0 Å². The molecule has 1 atom stereocenters. The van der Waals surface area contributed by atoms with Crippen LogP contribution in [0, 0.1) is 0 Å². The number of nitrogens with two attached hydrogens (primary N) is 1. The van der Waals surface area contributed by atoms with Gasteiger partial charge in [-0.15, -0.1) is 0 Å². The Hall–Kier alpha value is -0.160. The minimum absolute atomic E-state index is 0.248. The highest BCUT2D eigenvalue weighted by atomic mass is 16.5. The predicted octanol–water partition coefficient (Wildman–Crippen LogP) is 1.30. The minimum Gasteiger partial charge on any atom is -0.377 e. The third-order valence-corrected chi connectivity index (χ3v) is 4.68. The maximum atomic E-state index is 5.73. The van der Waals surface area contributed by atoms with Gasteiger partial charge in [0.1, 0.15) is 0 Å². The van der Waals surface area contributed by atoms with E-state index in [9.17, 15) is 0 Å². The van der Waals surface area contributed by atoms with Gasteiger partial charge in [0.05, 0.1) is 6.10 Å². The first-order chi connectivity index (χ1) is 9.33. The average molecular weight is 269 g/mol. The third-order valence-electron chi connectivity index (χ3n) is 4.68.